The highest BCUT2D eigenvalue weighted by Gasteiger charge is 2.10. The van der Waals surface area contributed by atoms with Crippen LogP contribution in [0.25, 0.3) is 11.4 Å². The Hall–Kier alpha value is -1.97. The van der Waals surface area contributed by atoms with Crippen molar-refractivity contribution in [2.75, 3.05) is 0 Å². The number of carboxylic acid groups (broad SMARTS) is 1. The van der Waals surface area contributed by atoms with E-state index in [2.05, 4.69) is 9.97 Å². The van der Waals surface area contributed by atoms with E-state index in [-0.39, 0.29) is 5.69 Å². The molecular weight excluding hydrogens is 192 g/mol. The highest BCUT2D eigenvalue weighted by Crippen LogP contribution is 2.22. The molecule has 0 aliphatic heterocycles. The molecule has 2 heterocycles. The van der Waals surface area contributed by atoms with E-state index in [4.69, 9.17) is 5.11 Å². The Morgan fingerprint density at radius 2 is 2.00 bits per heavy atom. The van der Waals surface area contributed by atoms with Gasteiger partial charge in [0, 0.05) is 5.69 Å². The van der Waals surface area contributed by atoms with E-state index in [9.17, 15) is 4.79 Å². The number of carbonyl (C=O) groups is 1. The van der Waals surface area contributed by atoms with Gasteiger partial charge in [0.2, 0.25) is 0 Å². The van der Waals surface area contributed by atoms with E-state index in [1.165, 1.54) is 0 Å². The Morgan fingerprint density at radius 1 is 1.27 bits per heavy atom. The molecule has 0 radical (unpaired) electrons. The fourth-order valence-corrected chi connectivity index (χ4v) is 1.67. The van der Waals surface area contributed by atoms with Crippen LogP contribution in [-0.2, 0) is 0 Å². The lowest BCUT2D eigenvalue weighted by Crippen LogP contribution is -1.95. The molecule has 78 valence electrons. The van der Waals surface area contributed by atoms with E-state index in [1.54, 1.807) is 12.1 Å². The molecule has 0 atom stereocenters. The van der Waals surface area contributed by atoms with Gasteiger partial charge in [-0.25, -0.2) is 4.79 Å². The zero-order chi connectivity index (χ0) is 11.0. The molecule has 2 rings (SSSR count). The van der Waals surface area contributed by atoms with Crippen LogP contribution in [0.1, 0.15) is 21.7 Å². The Bertz CT molecular complexity index is 508. The van der Waals surface area contributed by atoms with Crippen molar-refractivity contribution in [2.45, 2.75) is 13.8 Å². The van der Waals surface area contributed by atoms with Gasteiger partial charge in [0.25, 0.3) is 0 Å². The third-order valence-electron chi connectivity index (χ3n) is 2.34. The summed E-state index contributed by atoms with van der Waals surface area (Å²) in [6, 6.07) is 5.35. The van der Waals surface area contributed by atoms with Crippen LogP contribution in [0.2, 0.25) is 0 Å². The fraction of sp³-hybridized carbons (Fsp3) is 0.182. The molecular formula is C11H12N2O2. The first-order valence-electron chi connectivity index (χ1n) is 4.67. The Kier molecular flexibility index (Phi) is 2.11. The number of aromatic nitrogens is 2. The Balaban J connectivity index is 2.45. The van der Waals surface area contributed by atoms with Crippen molar-refractivity contribution in [3.63, 3.8) is 0 Å². The van der Waals surface area contributed by atoms with Crippen molar-refractivity contribution in [1.82, 2.24) is 9.97 Å². The molecule has 0 amide bonds. The second-order valence-corrected chi connectivity index (χ2v) is 3.60. The average Bonchev–Trinajstić information content (AvgIpc) is 2.71. The predicted octanol–water partition coefficient (Wildman–Crippen LogP) is 2.32. The molecule has 0 spiro atoms. The number of carboxylic acids is 1. The minimum absolute atomic E-state index is 0.205. The van der Waals surface area contributed by atoms with Crippen molar-refractivity contribution >= 4 is 5.97 Å². The maximum atomic E-state index is 10.7. The maximum absolute atomic E-state index is 10.7. The van der Waals surface area contributed by atoms with Gasteiger partial charge in [0.1, 0.15) is 5.69 Å². The van der Waals surface area contributed by atoms with E-state index in [1.807, 2.05) is 19.9 Å². The Labute approximate surface area is 87.0 Å². The quantitative estimate of drug-likeness (QED) is 0.702. The number of rotatable bonds is 2. The number of H-pyrrole nitrogens is 2. The summed E-state index contributed by atoms with van der Waals surface area (Å²) >= 11 is 0. The number of nitrogens with one attached hydrogen (secondary N) is 2. The van der Waals surface area contributed by atoms with E-state index in [0.717, 1.165) is 22.6 Å². The predicted molar refractivity (Wildman–Crippen MR) is 57.0 cm³/mol. The number of aromatic amines is 2. The van der Waals surface area contributed by atoms with Gasteiger partial charge in [-0.2, -0.15) is 0 Å². The normalized spacial score (nSPS) is 10.5. The molecule has 2 aromatic heterocycles. The number of aromatic carboxylic acids is 1. The number of aryl methyl sites for hydroxylation is 2. The van der Waals surface area contributed by atoms with Crippen LogP contribution in [0, 0.1) is 13.8 Å². The molecule has 0 unspecified atom stereocenters. The van der Waals surface area contributed by atoms with Crippen molar-refractivity contribution in [3.05, 3.63) is 35.2 Å². The van der Waals surface area contributed by atoms with Crippen molar-refractivity contribution in [1.29, 1.82) is 0 Å². The van der Waals surface area contributed by atoms with Gasteiger partial charge in [-0.05, 0) is 37.6 Å². The second kappa shape index (κ2) is 3.31. The topological polar surface area (TPSA) is 68.9 Å². The van der Waals surface area contributed by atoms with Crippen molar-refractivity contribution in [3.8, 4) is 11.4 Å². The van der Waals surface area contributed by atoms with Gasteiger partial charge in [-0.15, -0.1) is 0 Å². The second-order valence-electron chi connectivity index (χ2n) is 3.60. The van der Waals surface area contributed by atoms with Crippen LogP contribution in [-0.4, -0.2) is 21.0 Å². The van der Waals surface area contributed by atoms with Crippen LogP contribution in [0.15, 0.2) is 18.2 Å². The highest BCUT2D eigenvalue weighted by molar-refractivity contribution is 5.86. The molecule has 4 nitrogen and oxygen atoms in total. The van der Waals surface area contributed by atoms with Crippen LogP contribution in [0.3, 0.4) is 0 Å². The monoisotopic (exact) mass is 204 g/mol. The molecule has 3 N–H and O–H groups in total. The molecule has 0 aromatic carbocycles. The molecule has 0 saturated heterocycles. The standard InChI is InChI=1S/C11H12N2O2/c1-6-5-7(2)12-10(6)8-3-4-9(13-8)11(14)15/h3-5,12-13H,1-2H3,(H,14,15). The lowest BCUT2D eigenvalue weighted by molar-refractivity contribution is 0.0691. The summed E-state index contributed by atoms with van der Waals surface area (Å²) < 4.78 is 0. The average molecular weight is 204 g/mol. The van der Waals surface area contributed by atoms with Gasteiger partial charge in [0.15, 0.2) is 0 Å². The summed E-state index contributed by atoms with van der Waals surface area (Å²) in [5, 5.41) is 8.78. The summed E-state index contributed by atoms with van der Waals surface area (Å²) in [6.45, 7) is 3.96. The van der Waals surface area contributed by atoms with E-state index in [0.29, 0.717) is 0 Å². The van der Waals surface area contributed by atoms with Crippen LogP contribution >= 0.6 is 0 Å². The fourth-order valence-electron chi connectivity index (χ4n) is 1.67. The highest BCUT2D eigenvalue weighted by atomic mass is 16.4. The lowest BCUT2D eigenvalue weighted by Gasteiger charge is -1.95. The van der Waals surface area contributed by atoms with E-state index < -0.39 is 5.97 Å². The molecule has 0 bridgehead atoms. The zero-order valence-electron chi connectivity index (χ0n) is 8.59. The molecule has 0 fully saturated rings. The first kappa shape index (κ1) is 9.58. The first-order valence-corrected chi connectivity index (χ1v) is 4.67. The zero-order valence-corrected chi connectivity index (χ0v) is 8.59. The summed E-state index contributed by atoms with van der Waals surface area (Å²) in [4.78, 5) is 16.7. The minimum Gasteiger partial charge on any atom is -0.477 e. The SMILES string of the molecule is Cc1cc(C)c(-c2ccc(C(=O)O)[nH]2)[nH]1. The Morgan fingerprint density at radius 3 is 2.47 bits per heavy atom. The summed E-state index contributed by atoms with van der Waals surface area (Å²) in [5.41, 5.74) is 4.12. The number of hydrogen-bond donors (Lipinski definition) is 3. The van der Waals surface area contributed by atoms with Gasteiger partial charge in [-0.1, -0.05) is 0 Å². The summed E-state index contributed by atoms with van der Waals surface area (Å²) in [5.74, 6) is -0.942. The molecule has 0 aliphatic rings. The van der Waals surface area contributed by atoms with Crippen LogP contribution < -0.4 is 0 Å². The van der Waals surface area contributed by atoms with Gasteiger partial charge in [-0.3, -0.25) is 0 Å². The molecule has 15 heavy (non-hydrogen) atoms. The van der Waals surface area contributed by atoms with Gasteiger partial charge in [0.05, 0.1) is 11.4 Å². The summed E-state index contributed by atoms with van der Waals surface area (Å²) in [6.07, 6.45) is 0. The lowest BCUT2D eigenvalue weighted by atomic mass is 10.2. The van der Waals surface area contributed by atoms with Gasteiger partial charge >= 0.3 is 5.97 Å². The minimum atomic E-state index is -0.942. The van der Waals surface area contributed by atoms with Crippen LogP contribution in [0.4, 0.5) is 0 Å². The van der Waals surface area contributed by atoms with Crippen molar-refractivity contribution in [2.24, 2.45) is 0 Å². The summed E-state index contributed by atoms with van der Waals surface area (Å²) in [7, 11) is 0. The molecule has 0 saturated carbocycles. The van der Waals surface area contributed by atoms with Crippen molar-refractivity contribution < 1.29 is 9.90 Å². The number of hydrogen-bond acceptors (Lipinski definition) is 1. The van der Waals surface area contributed by atoms with Crippen LogP contribution in [0.5, 0.6) is 0 Å². The molecule has 2 aromatic rings. The molecule has 0 aliphatic carbocycles. The van der Waals surface area contributed by atoms with E-state index >= 15 is 0 Å². The largest absolute Gasteiger partial charge is 0.477 e. The maximum Gasteiger partial charge on any atom is 0.352 e. The molecule has 4 heteroatoms. The van der Waals surface area contributed by atoms with Gasteiger partial charge < -0.3 is 15.1 Å². The third-order valence-corrected chi connectivity index (χ3v) is 2.34. The smallest absolute Gasteiger partial charge is 0.352 e. The third kappa shape index (κ3) is 1.66. The first-order chi connectivity index (χ1) is 7.08.